The van der Waals surface area contributed by atoms with Gasteiger partial charge in [0.2, 0.25) is 0 Å². The average Bonchev–Trinajstić information content (AvgIpc) is 2.86. The van der Waals surface area contributed by atoms with E-state index in [9.17, 15) is 4.79 Å². The van der Waals surface area contributed by atoms with E-state index in [0.717, 1.165) is 16.7 Å². The summed E-state index contributed by atoms with van der Waals surface area (Å²) in [4.78, 5) is 13.1. The standard InChI is InChI=1S/C29H30O4/c30-26-18-10-11-19-27(31-20-23-12-4-1-5-13-23)29(33-22-25-16-8-3-9-17-25)28(26)32-21-24-14-6-2-7-15-24/h1-9,11-17,19,27-29H,10,18,20-22H2/b19-11-/t27-,28+,29+/m0/s1. The molecule has 0 fully saturated rings. The van der Waals surface area contributed by atoms with Crippen LogP contribution in [0.1, 0.15) is 29.5 Å². The van der Waals surface area contributed by atoms with Gasteiger partial charge in [-0.1, -0.05) is 103 Å². The SMILES string of the molecule is O=C1CC/C=C\[C@H](OCc2ccccc2)[C@@H](OCc2ccccc2)[C@@H]1OCc1ccccc1. The molecule has 0 amide bonds. The summed E-state index contributed by atoms with van der Waals surface area (Å²) in [6.45, 7) is 1.15. The maximum atomic E-state index is 13.1. The molecule has 0 bridgehead atoms. The number of hydrogen-bond donors (Lipinski definition) is 0. The second kappa shape index (κ2) is 12.3. The fourth-order valence-electron chi connectivity index (χ4n) is 3.88. The average molecular weight is 443 g/mol. The largest absolute Gasteiger partial charge is 0.367 e. The number of Topliss-reactive ketones (excluding diaryl/α,β-unsaturated/α-hetero) is 1. The second-order valence-corrected chi connectivity index (χ2v) is 8.17. The molecule has 0 heterocycles. The predicted molar refractivity (Wildman–Crippen MR) is 128 cm³/mol. The third-order valence-corrected chi connectivity index (χ3v) is 5.67. The Labute approximate surface area is 195 Å². The van der Waals surface area contributed by atoms with E-state index < -0.39 is 18.3 Å². The van der Waals surface area contributed by atoms with Crippen molar-refractivity contribution in [3.63, 3.8) is 0 Å². The van der Waals surface area contributed by atoms with E-state index in [4.69, 9.17) is 14.2 Å². The molecule has 0 saturated carbocycles. The molecule has 0 aromatic heterocycles. The van der Waals surface area contributed by atoms with E-state index in [1.165, 1.54) is 0 Å². The smallest absolute Gasteiger partial charge is 0.164 e. The Morgan fingerprint density at radius 1 is 0.636 bits per heavy atom. The van der Waals surface area contributed by atoms with E-state index in [1.807, 2.05) is 103 Å². The zero-order valence-electron chi connectivity index (χ0n) is 18.7. The van der Waals surface area contributed by atoms with Crippen LogP contribution in [0.25, 0.3) is 0 Å². The highest BCUT2D eigenvalue weighted by Gasteiger charge is 2.36. The molecule has 0 saturated heterocycles. The fourth-order valence-corrected chi connectivity index (χ4v) is 3.88. The molecule has 0 aliphatic heterocycles. The molecule has 0 spiro atoms. The molecule has 33 heavy (non-hydrogen) atoms. The molecule has 4 nitrogen and oxygen atoms in total. The van der Waals surface area contributed by atoms with Crippen molar-refractivity contribution in [2.24, 2.45) is 0 Å². The summed E-state index contributed by atoms with van der Waals surface area (Å²) >= 11 is 0. The Hall–Kier alpha value is -3.05. The lowest BCUT2D eigenvalue weighted by molar-refractivity contribution is -0.161. The van der Waals surface area contributed by atoms with Gasteiger partial charge in [-0.15, -0.1) is 0 Å². The fraction of sp³-hybridized carbons (Fsp3) is 0.276. The van der Waals surface area contributed by atoms with Crippen molar-refractivity contribution in [3.8, 4) is 0 Å². The minimum atomic E-state index is -0.709. The molecule has 4 rings (SSSR count). The lowest BCUT2D eigenvalue weighted by Gasteiger charge is -2.33. The van der Waals surface area contributed by atoms with Gasteiger partial charge in [0.1, 0.15) is 18.3 Å². The lowest BCUT2D eigenvalue weighted by atomic mass is 9.96. The maximum absolute atomic E-state index is 13.1. The summed E-state index contributed by atoms with van der Waals surface area (Å²) in [6, 6.07) is 29.9. The van der Waals surface area contributed by atoms with Crippen molar-refractivity contribution in [2.75, 3.05) is 0 Å². The molecule has 4 heteroatoms. The number of carbonyl (C=O) groups is 1. The highest BCUT2D eigenvalue weighted by atomic mass is 16.6. The minimum absolute atomic E-state index is 0.0432. The maximum Gasteiger partial charge on any atom is 0.164 e. The second-order valence-electron chi connectivity index (χ2n) is 8.17. The summed E-state index contributed by atoms with van der Waals surface area (Å²) in [5, 5.41) is 0. The number of rotatable bonds is 9. The Morgan fingerprint density at radius 3 is 1.67 bits per heavy atom. The van der Waals surface area contributed by atoms with Crippen LogP contribution in [0.15, 0.2) is 103 Å². The Kier molecular flexibility index (Phi) is 8.59. The van der Waals surface area contributed by atoms with Crippen molar-refractivity contribution in [2.45, 2.75) is 51.0 Å². The summed E-state index contributed by atoms with van der Waals surface area (Å²) in [5.74, 6) is 0.0432. The number of ether oxygens (including phenoxy) is 3. The quantitative estimate of drug-likeness (QED) is 0.401. The van der Waals surface area contributed by atoms with Crippen molar-refractivity contribution >= 4 is 5.78 Å². The summed E-state index contributed by atoms with van der Waals surface area (Å²) in [7, 11) is 0. The Morgan fingerprint density at radius 2 is 1.12 bits per heavy atom. The van der Waals surface area contributed by atoms with Crippen molar-refractivity contribution in [1.29, 1.82) is 0 Å². The van der Waals surface area contributed by atoms with Gasteiger partial charge in [-0.2, -0.15) is 0 Å². The Bertz CT molecular complexity index is 1000. The molecule has 3 aromatic rings. The van der Waals surface area contributed by atoms with Crippen LogP contribution in [0.2, 0.25) is 0 Å². The molecule has 3 atom stereocenters. The molecule has 0 N–H and O–H groups in total. The van der Waals surface area contributed by atoms with Gasteiger partial charge in [0.15, 0.2) is 5.78 Å². The number of ketones is 1. The summed E-state index contributed by atoms with van der Waals surface area (Å²) in [5.41, 5.74) is 3.13. The number of allylic oxidation sites excluding steroid dienone is 1. The molecule has 170 valence electrons. The first kappa shape index (κ1) is 23.1. The number of hydrogen-bond acceptors (Lipinski definition) is 4. The molecule has 3 aromatic carbocycles. The zero-order valence-corrected chi connectivity index (χ0v) is 18.7. The topological polar surface area (TPSA) is 44.8 Å². The first-order valence-corrected chi connectivity index (χ1v) is 11.5. The zero-order chi connectivity index (χ0) is 22.7. The van der Waals surface area contributed by atoms with Crippen LogP contribution < -0.4 is 0 Å². The summed E-state index contributed by atoms with van der Waals surface area (Å²) < 4.78 is 18.9. The summed E-state index contributed by atoms with van der Waals surface area (Å²) in [6.07, 6.45) is 3.46. The molecular formula is C29H30O4. The first-order valence-electron chi connectivity index (χ1n) is 11.5. The van der Waals surface area contributed by atoms with Crippen molar-refractivity contribution < 1.29 is 19.0 Å². The predicted octanol–water partition coefficient (Wildman–Crippen LogP) is 5.66. The van der Waals surface area contributed by atoms with Gasteiger partial charge in [0.25, 0.3) is 0 Å². The highest BCUT2D eigenvalue weighted by molar-refractivity contribution is 5.84. The molecule has 1 aliphatic rings. The van der Waals surface area contributed by atoms with Crippen LogP contribution in [-0.4, -0.2) is 24.1 Å². The normalized spacial score (nSPS) is 21.8. The van der Waals surface area contributed by atoms with E-state index in [1.54, 1.807) is 0 Å². The van der Waals surface area contributed by atoms with Crippen LogP contribution in [-0.2, 0) is 38.8 Å². The number of carbonyl (C=O) groups excluding carboxylic acids is 1. The van der Waals surface area contributed by atoms with Gasteiger partial charge >= 0.3 is 0 Å². The molecular weight excluding hydrogens is 412 g/mol. The van der Waals surface area contributed by atoms with Gasteiger partial charge in [0.05, 0.1) is 19.8 Å². The van der Waals surface area contributed by atoms with Crippen molar-refractivity contribution in [3.05, 3.63) is 120 Å². The monoisotopic (exact) mass is 442 g/mol. The molecule has 0 radical (unpaired) electrons. The Balaban J connectivity index is 1.54. The van der Waals surface area contributed by atoms with Crippen molar-refractivity contribution in [1.82, 2.24) is 0 Å². The van der Waals surface area contributed by atoms with E-state index >= 15 is 0 Å². The van der Waals surface area contributed by atoms with Gasteiger partial charge < -0.3 is 14.2 Å². The minimum Gasteiger partial charge on any atom is -0.367 e. The number of benzene rings is 3. The van der Waals surface area contributed by atoms with Crippen LogP contribution in [0.3, 0.4) is 0 Å². The van der Waals surface area contributed by atoms with E-state index in [0.29, 0.717) is 32.7 Å². The highest BCUT2D eigenvalue weighted by Crippen LogP contribution is 2.23. The van der Waals surface area contributed by atoms with Gasteiger partial charge in [-0.3, -0.25) is 4.79 Å². The van der Waals surface area contributed by atoms with Gasteiger partial charge in [0, 0.05) is 6.42 Å². The lowest BCUT2D eigenvalue weighted by Crippen LogP contribution is -2.46. The molecule has 1 aliphatic carbocycles. The first-order chi connectivity index (χ1) is 16.3. The van der Waals surface area contributed by atoms with Gasteiger partial charge in [-0.05, 0) is 23.1 Å². The van der Waals surface area contributed by atoms with Crippen LogP contribution in [0.4, 0.5) is 0 Å². The molecule has 0 unspecified atom stereocenters. The van der Waals surface area contributed by atoms with E-state index in [-0.39, 0.29) is 5.78 Å². The van der Waals surface area contributed by atoms with E-state index in [2.05, 4.69) is 0 Å². The third kappa shape index (κ3) is 6.96. The van der Waals surface area contributed by atoms with Gasteiger partial charge in [-0.25, -0.2) is 0 Å². The third-order valence-electron chi connectivity index (χ3n) is 5.67. The van der Waals surface area contributed by atoms with Crippen LogP contribution >= 0.6 is 0 Å². The van der Waals surface area contributed by atoms with Crippen LogP contribution in [0, 0.1) is 0 Å². The van der Waals surface area contributed by atoms with Crippen LogP contribution in [0.5, 0.6) is 0 Å².